The van der Waals surface area contributed by atoms with Crippen LogP contribution in [0.25, 0.3) is 0 Å². The predicted octanol–water partition coefficient (Wildman–Crippen LogP) is 1.83. The number of nitrogens with two attached hydrogens (primary N) is 1. The van der Waals surface area contributed by atoms with Gasteiger partial charge in [-0.05, 0) is 24.6 Å². The minimum absolute atomic E-state index is 0.236. The van der Waals surface area contributed by atoms with E-state index >= 15 is 0 Å². The van der Waals surface area contributed by atoms with Crippen LogP contribution in [0.2, 0.25) is 0 Å². The van der Waals surface area contributed by atoms with Crippen LogP contribution in [0.4, 0.5) is 4.39 Å². The molecule has 1 aromatic carbocycles. The molecular weight excluding hydrogens is 185 g/mol. The summed E-state index contributed by atoms with van der Waals surface area (Å²) in [6.07, 6.45) is -0.597. The van der Waals surface area contributed by atoms with Crippen LogP contribution in [0, 0.1) is 5.82 Å². The molecule has 3 nitrogen and oxygen atoms in total. The first-order valence-corrected chi connectivity index (χ1v) is 4.39. The average molecular weight is 199 g/mol. The Hall–Kier alpha value is -1.13. The van der Waals surface area contributed by atoms with E-state index in [2.05, 4.69) is 0 Å². The van der Waals surface area contributed by atoms with E-state index in [9.17, 15) is 4.39 Å². The Morgan fingerprint density at radius 3 is 2.71 bits per heavy atom. The highest BCUT2D eigenvalue weighted by Crippen LogP contribution is 2.21. The molecule has 0 radical (unpaired) electrons. The van der Waals surface area contributed by atoms with E-state index in [0.717, 1.165) is 0 Å². The summed E-state index contributed by atoms with van der Waals surface area (Å²) in [5.41, 5.74) is 6.15. The van der Waals surface area contributed by atoms with E-state index in [0.29, 0.717) is 12.2 Å². The molecule has 0 saturated heterocycles. The highest BCUT2D eigenvalue weighted by Gasteiger charge is 2.08. The Morgan fingerprint density at radius 2 is 2.21 bits per heavy atom. The van der Waals surface area contributed by atoms with Crippen molar-refractivity contribution in [2.45, 2.75) is 13.2 Å². The molecule has 14 heavy (non-hydrogen) atoms. The third-order valence-corrected chi connectivity index (χ3v) is 1.84. The number of hydrogen-bond donors (Lipinski definition) is 1. The summed E-state index contributed by atoms with van der Waals surface area (Å²) in [6.45, 7) is 2.24. The van der Waals surface area contributed by atoms with E-state index in [1.54, 1.807) is 19.1 Å². The highest BCUT2D eigenvalue weighted by atomic mass is 19.1. The average Bonchev–Trinajstić information content (AvgIpc) is 2.20. The van der Waals surface area contributed by atoms with Gasteiger partial charge in [0.1, 0.15) is 6.23 Å². The van der Waals surface area contributed by atoms with Crippen LogP contribution in [0.1, 0.15) is 18.7 Å². The second-order valence-electron chi connectivity index (χ2n) is 2.78. The predicted molar refractivity (Wildman–Crippen MR) is 51.5 cm³/mol. The smallest absolute Gasteiger partial charge is 0.165 e. The van der Waals surface area contributed by atoms with Crippen LogP contribution in [-0.2, 0) is 4.74 Å². The maximum atomic E-state index is 13.3. The number of halogens is 1. The number of hydrogen-bond acceptors (Lipinski definition) is 3. The monoisotopic (exact) mass is 199 g/mol. The molecule has 78 valence electrons. The van der Waals surface area contributed by atoms with E-state index in [-0.39, 0.29) is 5.75 Å². The SMILES string of the molecule is CCOc1ccc(C(N)OC)cc1F. The van der Waals surface area contributed by atoms with Crippen molar-refractivity contribution >= 4 is 0 Å². The van der Waals surface area contributed by atoms with Crippen molar-refractivity contribution in [2.24, 2.45) is 5.73 Å². The summed E-state index contributed by atoms with van der Waals surface area (Å²) < 4.78 is 23.2. The molecule has 0 aromatic heterocycles. The van der Waals surface area contributed by atoms with Gasteiger partial charge in [-0.15, -0.1) is 0 Å². The molecule has 1 unspecified atom stereocenters. The molecule has 0 spiro atoms. The summed E-state index contributed by atoms with van der Waals surface area (Å²) in [4.78, 5) is 0. The Kier molecular flexibility index (Phi) is 3.85. The van der Waals surface area contributed by atoms with Crippen molar-refractivity contribution in [3.05, 3.63) is 29.6 Å². The zero-order valence-electron chi connectivity index (χ0n) is 8.29. The molecule has 0 fully saturated rings. The minimum Gasteiger partial charge on any atom is -0.491 e. The van der Waals surface area contributed by atoms with Crippen molar-refractivity contribution in [1.29, 1.82) is 0 Å². The second-order valence-corrected chi connectivity index (χ2v) is 2.78. The van der Waals surface area contributed by atoms with Crippen LogP contribution in [0.3, 0.4) is 0 Å². The van der Waals surface area contributed by atoms with Crippen LogP contribution in [0.5, 0.6) is 5.75 Å². The van der Waals surface area contributed by atoms with Gasteiger partial charge < -0.3 is 15.2 Å². The molecule has 4 heteroatoms. The van der Waals surface area contributed by atoms with Gasteiger partial charge in [0.25, 0.3) is 0 Å². The van der Waals surface area contributed by atoms with Crippen LogP contribution < -0.4 is 10.5 Å². The molecule has 0 aliphatic heterocycles. The Bertz CT molecular complexity index is 304. The summed E-state index contributed by atoms with van der Waals surface area (Å²) in [6, 6.07) is 4.55. The third kappa shape index (κ3) is 2.43. The van der Waals surface area contributed by atoms with Gasteiger partial charge in [-0.3, -0.25) is 0 Å². The largest absolute Gasteiger partial charge is 0.491 e. The fraction of sp³-hybridized carbons (Fsp3) is 0.400. The van der Waals surface area contributed by atoms with Gasteiger partial charge in [-0.1, -0.05) is 6.07 Å². The molecule has 1 atom stereocenters. The van der Waals surface area contributed by atoms with E-state index in [4.69, 9.17) is 15.2 Å². The molecule has 2 N–H and O–H groups in total. The first-order valence-electron chi connectivity index (χ1n) is 4.39. The van der Waals surface area contributed by atoms with Crippen molar-refractivity contribution in [2.75, 3.05) is 13.7 Å². The fourth-order valence-electron chi connectivity index (χ4n) is 1.10. The van der Waals surface area contributed by atoms with Gasteiger partial charge in [0, 0.05) is 7.11 Å². The number of methoxy groups -OCH3 is 1. The molecule has 1 rings (SSSR count). The molecule has 0 aliphatic rings. The quantitative estimate of drug-likeness (QED) is 0.752. The lowest BCUT2D eigenvalue weighted by Crippen LogP contribution is -2.12. The van der Waals surface area contributed by atoms with E-state index < -0.39 is 12.0 Å². The van der Waals surface area contributed by atoms with E-state index in [1.807, 2.05) is 0 Å². The Labute approximate surface area is 82.6 Å². The van der Waals surface area contributed by atoms with Gasteiger partial charge >= 0.3 is 0 Å². The van der Waals surface area contributed by atoms with Crippen molar-refractivity contribution in [3.8, 4) is 5.75 Å². The molecule has 1 aromatic rings. The number of benzene rings is 1. The molecule has 0 bridgehead atoms. The standard InChI is InChI=1S/C10H14FNO2/c1-3-14-9-5-4-7(6-8(9)11)10(12)13-2/h4-6,10H,3,12H2,1-2H3. The summed E-state index contributed by atoms with van der Waals surface area (Å²) in [5.74, 6) is -0.184. The first-order chi connectivity index (χ1) is 6.69. The molecule has 0 heterocycles. The van der Waals surface area contributed by atoms with Gasteiger partial charge in [-0.2, -0.15) is 0 Å². The third-order valence-electron chi connectivity index (χ3n) is 1.84. The zero-order valence-corrected chi connectivity index (χ0v) is 8.29. The Balaban J connectivity index is 2.88. The van der Waals surface area contributed by atoms with Crippen molar-refractivity contribution in [1.82, 2.24) is 0 Å². The van der Waals surface area contributed by atoms with Gasteiger partial charge in [0.2, 0.25) is 0 Å². The Morgan fingerprint density at radius 1 is 1.50 bits per heavy atom. The van der Waals surface area contributed by atoms with E-state index in [1.165, 1.54) is 13.2 Å². The summed E-state index contributed by atoms with van der Waals surface area (Å²) in [7, 11) is 1.47. The maximum Gasteiger partial charge on any atom is 0.165 e. The van der Waals surface area contributed by atoms with Crippen LogP contribution in [-0.4, -0.2) is 13.7 Å². The molecule has 0 saturated carbocycles. The lowest BCUT2D eigenvalue weighted by Gasteiger charge is -2.11. The second kappa shape index (κ2) is 4.93. The topological polar surface area (TPSA) is 44.5 Å². The number of rotatable bonds is 4. The lowest BCUT2D eigenvalue weighted by atomic mass is 10.2. The molecule has 0 aliphatic carbocycles. The first kappa shape index (κ1) is 10.9. The van der Waals surface area contributed by atoms with Crippen molar-refractivity contribution < 1.29 is 13.9 Å². The maximum absolute atomic E-state index is 13.3. The minimum atomic E-state index is -0.597. The summed E-state index contributed by atoms with van der Waals surface area (Å²) >= 11 is 0. The zero-order chi connectivity index (χ0) is 10.6. The number of ether oxygens (including phenoxy) is 2. The van der Waals surface area contributed by atoms with Gasteiger partial charge in [0.15, 0.2) is 11.6 Å². The summed E-state index contributed by atoms with van der Waals surface area (Å²) in [5, 5.41) is 0. The van der Waals surface area contributed by atoms with Gasteiger partial charge in [0.05, 0.1) is 6.61 Å². The van der Waals surface area contributed by atoms with Crippen LogP contribution in [0.15, 0.2) is 18.2 Å². The van der Waals surface area contributed by atoms with Crippen molar-refractivity contribution in [3.63, 3.8) is 0 Å². The highest BCUT2D eigenvalue weighted by molar-refractivity contribution is 5.30. The molecular formula is C10H14FNO2. The molecule has 0 amide bonds. The lowest BCUT2D eigenvalue weighted by molar-refractivity contribution is 0.109. The van der Waals surface area contributed by atoms with Gasteiger partial charge in [-0.25, -0.2) is 4.39 Å². The normalized spacial score (nSPS) is 12.6. The van der Waals surface area contributed by atoms with Crippen LogP contribution >= 0.6 is 0 Å². The fourth-order valence-corrected chi connectivity index (χ4v) is 1.10.